The Morgan fingerprint density at radius 1 is 1.29 bits per heavy atom. The molecule has 17 heavy (non-hydrogen) atoms. The van der Waals surface area contributed by atoms with Gasteiger partial charge in [-0.25, -0.2) is 0 Å². The lowest BCUT2D eigenvalue weighted by Gasteiger charge is -2.15. The molecule has 1 amide bonds. The Bertz CT molecular complexity index is 360. The number of nitrogens with one attached hydrogen (secondary N) is 1. The quantitative estimate of drug-likeness (QED) is 0.785. The Kier molecular flexibility index (Phi) is 5.75. The van der Waals surface area contributed by atoms with Gasteiger partial charge in [0.25, 0.3) is 0 Å². The summed E-state index contributed by atoms with van der Waals surface area (Å²) in [5, 5.41) is 3.03. The third-order valence-electron chi connectivity index (χ3n) is 3.17. The van der Waals surface area contributed by atoms with Gasteiger partial charge in [0, 0.05) is 11.6 Å². The summed E-state index contributed by atoms with van der Waals surface area (Å²) >= 11 is 0. The summed E-state index contributed by atoms with van der Waals surface area (Å²) in [5.41, 5.74) is 2.05. The predicted molar refractivity (Wildman–Crippen MR) is 73.1 cm³/mol. The van der Waals surface area contributed by atoms with Crippen molar-refractivity contribution in [2.24, 2.45) is 5.92 Å². The molecule has 1 rings (SSSR count). The summed E-state index contributed by atoms with van der Waals surface area (Å²) in [5.74, 6) is 0.310. The van der Waals surface area contributed by atoms with Gasteiger partial charge in [0.1, 0.15) is 0 Å². The van der Waals surface area contributed by atoms with Gasteiger partial charge in [0.05, 0.1) is 0 Å². The summed E-state index contributed by atoms with van der Waals surface area (Å²) < 4.78 is 0. The fourth-order valence-corrected chi connectivity index (χ4v) is 1.92. The van der Waals surface area contributed by atoms with Crippen LogP contribution in [-0.4, -0.2) is 5.91 Å². The molecule has 0 bridgehead atoms. The normalized spacial score (nSPS) is 12.2. The number of carbonyl (C=O) groups is 1. The maximum absolute atomic E-state index is 12.1. The van der Waals surface area contributed by atoms with Crippen LogP contribution in [0.5, 0.6) is 0 Å². The Morgan fingerprint density at radius 2 is 2.00 bits per heavy atom. The fourth-order valence-electron chi connectivity index (χ4n) is 1.92. The zero-order valence-corrected chi connectivity index (χ0v) is 11.1. The largest absolute Gasteiger partial charge is 0.326 e. The number of unbranched alkanes of at least 4 members (excludes halogenated alkanes) is 1. The smallest absolute Gasteiger partial charge is 0.227 e. The van der Waals surface area contributed by atoms with Crippen LogP contribution in [0.4, 0.5) is 5.69 Å². The Hall–Kier alpha value is -1.31. The van der Waals surface area contributed by atoms with Crippen LogP contribution >= 0.6 is 0 Å². The first-order valence-corrected chi connectivity index (χ1v) is 6.55. The van der Waals surface area contributed by atoms with Crippen molar-refractivity contribution in [3.63, 3.8) is 0 Å². The summed E-state index contributed by atoms with van der Waals surface area (Å²) in [6, 6.07) is 7.91. The van der Waals surface area contributed by atoms with Crippen LogP contribution in [0.25, 0.3) is 0 Å². The molecule has 1 atom stereocenters. The lowest BCUT2D eigenvalue weighted by Crippen LogP contribution is -2.22. The molecule has 0 radical (unpaired) electrons. The minimum Gasteiger partial charge on any atom is -0.326 e. The van der Waals surface area contributed by atoms with Crippen LogP contribution in [0.1, 0.15) is 45.1 Å². The molecular weight excluding hydrogens is 210 g/mol. The number of amides is 1. The highest BCUT2D eigenvalue weighted by Crippen LogP contribution is 2.18. The SMILES string of the molecule is CCCC[C@H](CC)C(=O)Nc1ccccc1C. The molecule has 1 aromatic carbocycles. The van der Waals surface area contributed by atoms with E-state index in [9.17, 15) is 4.79 Å². The second-order valence-corrected chi connectivity index (χ2v) is 4.55. The van der Waals surface area contributed by atoms with Gasteiger partial charge in [-0.05, 0) is 31.4 Å². The van der Waals surface area contributed by atoms with Gasteiger partial charge in [-0.2, -0.15) is 0 Å². The monoisotopic (exact) mass is 233 g/mol. The Morgan fingerprint density at radius 3 is 2.59 bits per heavy atom. The van der Waals surface area contributed by atoms with E-state index < -0.39 is 0 Å². The van der Waals surface area contributed by atoms with Crippen molar-refractivity contribution in [1.29, 1.82) is 0 Å². The second kappa shape index (κ2) is 7.10. The van der Waals surface area contributed by atoms with Gasteiger partial charge in [-0.15, -0.1) is 0 Å². The first-order valence-electron chi connectivity index (χ1n) is 6.55. The van der Waals surface area contributed by atoms with E-state index in [4.69, 9.17) is 0 Å². The van der Waals surface area contributed by atoms with E-state index in [1.54, 1.807) is 0 Å². The zero-order chi connectivity index (χ0) is 12.7. The summed E-state index contributed by atoms with van der Waals surface area (Å²) in [6.07, 6.45) is 4.18. The molecule has 0 unspecified atom stereocenters. The van der Waals surface area contributed by atoms with Crippen molar-refractivity contribution < 1.29 is 4.79 Å². The van der Waals surface area contributed by atoms with Crippen molar-refractivity contribution in [1.82, 2.24) is 0 Å². The van der Waals surface area contributed by atoms with Crippen LogP contribution in [-0.2, 0) is 4.79 Å². The van der Waals surface area contributed by atoms with E-state index in [-0.39, 0.29) is 11.8 Å². The Labute approximate surface area is 104 Å². The number of para-hydroxylation sites is 1. The molecule has 2 nitrogen and oxygen atoms in total. The van der Waals surface area contributed by atoms with Gasteiger partial charge in [-0.1, -0.05) is 44.9 Å². The van der Waals surface area contributed by atoms with Crippen molar-refractivity contribution in [3.8, 4) is 0 Å². The Balaban J connectivity index is 2.61. The molecule has 0 fully saturated rings. The molecule has 0 aliphatic rings. The third kappa shape index (κ3) is 4.22. The zero-order valence-electron chi connectivity index (χ0n) is 11.1. The minimum absolute atomic E-state index is 0.148. The molecule has 0 saturated heterocycles. The molecule has 1 aromatic rings. The summed E-state index contributed by atoms with van der Waals surface area (Å²) in [7, 11) is 0. The highest BCUT2D eigenvalue weighted by molar-refractivity contribution is 5.93. The molecule has 0 aliphatic heterocycles. The van der Waals surface area contributed by atoms with E-state index in [1.165, 1.54) is 0 Å². The topological polar surface area (TPSA) is 29.1 Å². The average Bonchev–Trinajstić information content (AvgIpc) is 2.33. The van der Waals surface area contributed by atoms with Crippen molar-refractivity contribution in [2.45, 2.75) is 46.5 Å². The first kappa shape index (κ1) is 13.8. The highest BCUT2D eigenvalue weighted by atomic mass is 16.1. The molecule has 0 aliphatic carbocycles. The maximum Gasteiger partial charge on any atom is 0.227 e. The third-order valence-corrected chi connectivity index (χ3v) is 3.17. The van der Waals surface area contributed by atoms with Gasteiger partial charge >= 0.3 is 0 Å². The van der Waals surface area contributed by atoms with Gasteiger partial charge in [0.2, 0.25) is 5.91 Å². The average molecular weight is 233 g/mol. The number of anilines is 1. The van der Waals surface area contributed by atoms with Crippen LogP contribution < -0.4 is 5.32 Å². The molecule has 0 aromatic heterocycles. The highest BCUT2D eigenvalue weighted by Gasteiger charge is 2.16. The van der Waals surface area contributed by atoms with E-state index in [1.807, 2.05) is 31.2 Å². The number of rotatable bonds is 6. The van der Waals surface area contributed by atoms with E-state index >= 15 is 0 Å². The minimum atomic E-state index is 0.148. The van der Waals surface area contributed by atoms with E-state index in [0.717, 1.165) is 36.9 Å². The lowest BCUT2D eigenvalue weighted by molar-refractivity contribution is -0.120. The maximum atomic E-state index is 12.1. The second-order valence-electron chi connectivity index (χ2n) is 4.55. The van der Waals surface area contributed by atoms with Gasteiger partial charge in [0.15, 0.2) is 0 Å². The summed E-state index contributed by atoms with van der Waals surface area (Å²) in [6.45, 7) is 6.26. The fraction of sp³-hybridized carbons (Fsp3) is 0.533. The summed E-state index contributed by atoms with van der Waals surface area (Å²) in [4.78, 5) is 12.1. The number of hydrogen-bond donors (Lipinski definition) is 1. The standard InChI is InChI=1S/C15H23NO/c1-4-6-10-13(5-2)15(17)16-14-11-8-7-9-12(14)3/h7-9,11,13H,4-6,10H2,1-3H3,(H,16,17)/t13-/m0/s1. The van der Waals surface area contributed by atoms with Crippen LogP contribution in [0, 0.1) is 12.8 Å². The molecule has 0 saturated carbocycles. The number of hydrogen-bond acceptors (Lipinski definition) is 1. The van der Waals surface area contributed by atoms with Crippen molar-refractivity contribution >= 4 is 11.6 Å². The van der Waals surface area contributed by atoms with Crippen molar-refractivity contribution in [2.75, 3.05) is 5.32 Å². The molecule has 2 heteroatoms. The molecule has 1 N–H and O–H groups in total. The van der Waals surface area contributed by atoms with Crippen molar-refractivity contribution in [3.05, 3.63) is 29.8 Å². The van der Waals surface area contributed by atoms with Crippen LogP contribution in [0.15, 0.2) is 24.3 Å². The molecular formula is C15H23NO. The number of benzene rings is 1. The van der Waals surface area contributed by atoms with Gasteiger partial charge in [-0.3, -0.25) is 4.79 Å². The lowest BCUT2D eigenvalue weighted by atomic mass is 9.98. The first-order chi connectivity index (χ1) is 8.19. The molecule has 0 spiro atoms. The number of carbonyl (C=O) groups excluding carboxylic acids is 1. The molecule has 0 heterocycles. The van der Waals surface area contributed by atoms with Gasteiger partial charge < -0.3 is 5.32 Å². The van der Waals surface area contributed by atoms with Crippen LogP contribution in [0.3, 0.4) is 0 Å². The number of aryl methyl sites for hydroxylation is 1. The predicted octanol–water partition coefficient (Wildman–Crippen LogP) is 4.15. The van der Waals surface area contributed by atoms with E-state index in [2.05, 4.69) is 19.2 Å². The molecule has 94 valence electrons. The van der Waals surface area contributed by atoms with E-state index in [0.29, 0.717) is 0 Å². The van der Waals surface area contributed by atoms with Crippen LogP contribution in [0.2, 0.25) is 0 Å².